The number of rotatable bonds is 7. The zero-order valence-corrected chi connectivity index (χ0v) is 29.3. The largest absolute Gasteiger partial charge is 0.396 e. The van der Waals surface area contributed by atoms with E-state index in [1.165, 1.54) is 12.1 Å². The summed E-state index contributed by atoms with van der Waals surface area (Å²) < 4.78 is 49.4. The summed E-state index contributed by atoms with van der Waals surface area (Å²) >= 11 is 0. The molecule has 0 aliphatic carbocycles. The third-order valence-corrected chi connectivity index (χ3v) is 10.4. The molecule has 0 fully saturated rings. The molecule has 0 heterocycles. The lowest BCUT2D eigenvalue weighted by molar-refractivity contribution is 0.597. The highest BCUT2D eigenvalue weighted by Gasteiger charge is 2.19. The molecule has 8 N–H and O–H groups in total. The maximum Gasteiger partial charge on any atom is 0.238 e. The average Bonchev–Trinajstić information content (AvgIpc) is 3.04. The quantitative estimate of drug-likeness (QED) is 0.0945. The summed E-state index contributed by atoms with van der Waals surface area (Å²) in [6, 6.07) is 24.3. The molecule has 0 radical (unpaired) electrons. The van der Waals surface area contributed by atoms with Crippen LogP contribution in [0, 0.1) is 27.7 Å². The molecule has 0 atom stereocenters. The lowest BCUT2D eigenvalue weighted by Crippen LogP contribution is -2.13. The Bertz CT molecular complexity index is 2440. The lowest BCUT2D eigenvalue weighted by atomic mass is 9.95. The molecular weight excluding hydrogens is 673 g/mol. The van der Waals surface area contributed by atoms with Crippen molar-refractivity contribution in [2.75, 3.05) is 11.5 Å². The summed E-state index contributed by atoms with van der Waals surface area (Å²) in [5.41, 5.74) is 20.2. The third-order valence-electron chi connectivity index (χ3n) is 8.50. The molecule has 0 saturated carbocycles. The minimum Gasteiger partial charge on any atom is -0.396 e. The van der Waals surface area contributed by atoms with Crippen molar-refractivity contribution < 1.29 is 16.8 Å². The Morgan fingerprint density at radius 3 is 1.06 bits per heavy atom. The van der Waals surface area contributed by atoms with Crippen LogP contribution in [0.25, 0.3) is 32.7 Å². The molecule has 6 aromatic carbocycles. The van der Waals surface area contributed by atoms with Crippen LogP contribution in [0.3, 0.4) is 0 Å². The van der Waals surface area contributed by atoms with Gasteiger partial charge in [0.25, 0.3) is 0 Å². The van der Waals surface area contributed by atoms with E-state index in [2.05, 4.69) is 20.5 Å². The second-order valence-corrected chi connectivity index (χ2v) is 15.2. The standard InChI is InChI=1S/C36H34N8O4S2/c1-19-13-23(14-20(2)35(19)43-41-29-17-31(49(39,45)46)25-9-5-7-11-27(25)33(29)37)24-15-21(3)36(22(4)16-24)44-42-30-18-32(50(40,47)48)26-10-6-8-12-28(26)34(30)38/h5-18H,37-38H2,1-4H3,(H2,39,45,46)(H2,40,47,48)/b43-41+,44-42+. The molecule has 6 aromatic rings. The molecule has 14 heteroatoms. The van der Waals surface area contributed by atoms with Crippen LogP contribution in [0.5, 0.6) is 0 Å². The van der Waals surface area contributed by atoms with Crippen molar-refractivity contribution in [2.45, 2.75) is 37.5 Å². The Morgan fingerprint density at radius 1 is 0.460 bits per heavy atom. The van der Waals surface area contributed by atoms with E-state index in [0.29, 0.717) is 44.3 Å². The summed E-state index contributed by atoms with van der Waals surface area (Å²) in [6.07, 6.45) is 0. The minimum absolute atomic E-state index is 0.0808. The van der Waals surface area contributed by atoms with Crippen molar-refractivity contribution >= 4 is 75.7 Å². The molecule has 0 aliphatic heterocycles. The first kappa shape index (κ1) is 34.3. The van der Waals surface area contributed by atoms with Crippen molar-refractivity contribution in [1.82, 2.24) is 0 Å². The highest BCUT2D eigenvalue weighted by Crippen LogP contribution is 2.40. The summed E-state index contributed by atoms with van der Waals surface area (Å²) in [6.45, 7) is 7.65. The van der Waals surface area contributed by atoms with E-state index in [1.807, 2.05) is 52.0 Å². The molecule has 0 amide bonds. The Morgan fingerprint density at radius 2 is 0.760 bits per heavy atom. The van der Waals surface area contributed by atoms with Crippen molar-refractivity contribution in [2.24, 2.45) is 30.7 Å². The highest BCUT2D eigenvalue weighted by molar-refractivity contribution is 7.89. The van der Waals surface area contributed by atoms with Gasteiger partial charge in [0.15, 0.2) is 0 Å². The predicted molar refractivity (Wildman–Crippen MR) is 199 cm³/mol. The number of anilines is 2. The highest BCUT2D eigenvalue weighted by atomic mass is 32.2. The molecule has 254 valence electrons. The first-order valence-electron chi connectivity index (χ1n) is 15.3. The number of nitrogens with zero attached hydrogens (tertiary/aromatic N) is 4. The summed E-state index contributed by atoms with van der Waals surface area (Å²) in [7, 11) is -8.10. The Balaban J connectivity index is 1.34. The van der Waals surface area contributed by atoms with Gasteiger partial charge in [-0.15, -0.1) is 20.5 Å². The van der Waals surface area contributed by atoms with Gasteiger partial charge < -0.3 is 11.5 Å². The van der Waals surface area contributed by atoms with Crippen LogP contribution in [-0.2, 0) is 20.0 Å². The number of aryl methyl sites for hydroxylation is 4. The fourth-order valence-corrected chi connectivity index (χ4v) is 7.63. The van der Waals surface area contributed by atoms with E-state index < -0.39 is 20.0 Å². The van der Waals surface area contributed by atoms with Gasteiger partial charge in [-0.2, -0.15) is 0 Å². The van der Waals surface area contributed by atoms with Gasteiger partial charge in [-0.3, -0.25) is 0 Å². The van der Waals surface area contributed by atoms with Crippen LogP contribution < -0.4 is 21.7 Å². The molecule has 0 aromatic heterocycles. The molecule has 12 nitrogen and oxygen atoms in total. The van der Waals surface area contributed by atoms with Gasteiger partial charge in [0.2, 0.25) is 20.0 Å². The summed E-state index contributed by atoms with van der Waals surface area (Å²) in [5, 5.41) is 30.5. The van der Waals surface area contributed by atoms with Crippen LogP contribution in [-0.4, -0.2) is 16.8 Å². The number of hydrogen-bond donors (Lipinski definition) is 4. The molecule has 6 rings (SSSR count). The molecule has 0 unspecified atom stereocenters. The normalized spacial score (nSPS) is 12.5. The first-order chi connectivity index (χ1) is 23.5. The van der Waals surface area contributed by atoms with Crippen LogP contribution in [0.1, 0.15) is 22.3 Å². The van der Waals surface area contributed by atoms with Crippen molar-refractivity contribution in [3.05, 3.63) is 107 Å². The van der Waals surface area contributed by atoms with Gasteiger partial charge >= 0.3 is 0 Å². The van der Waals surface area contributed by atoms with Crippen LogP contribution >= 0.6 is 0 Å². The van der Waals surface area contributed by atoms with Gasteiger partial charge in [0, 0.05) is 21.5 Å². The third kappa shape index (κ3) is 6.44. The fraction of sp³-hybridized carbons (Fsp3) is 0.111. The number of benzene rings is 6. The van der Waals surface area contributed by atoms with E-state index >= 15 is 0 Å². The van der Waals surface area contributed by atoms with Gasteiger partial charge in [-0.05, 0) is 97.5 Å². The number of fused-ring (bicyclic) bond motifs is 2. The van der Waals surface area contributed by atoms with Gasteiger partial charge in [0.05, 0.1) is 32.5 Å². The zero-order valence-electron chi connectivity index (χ0n) is 27.6. The monoisotopic (exact) mass is 706 g/mol. The smallest absolute Gasteiger partial charge is 0.238 e. The first-order valence-corrected chi connectivity index (χ1v) is 18.4. The Labute approximate surface area is 289 Å². The number of hydrogen-bond acceptors (Lipinski definition) is 10. The Hall–Kier alpha value is -5.54. The summed E-state index contributed by atoms with van der Waals surface area (Å²) in [4.78, 5) is -0.162. The lowest BCUT2D eigenvalue weighted by Gasteiger charge is -2.13. The second kappa shape index (κ2) is 12.7. The molecule has 0 saturated heterocycles. The van der Waals surface area contributed by atoms with Gasteiger partial charge in [-0.25, -0.2) is 27.1 Å². The van der Waals surface area contributed by atoms with Crippen molar-refractivity contribution in [1.29, 1.82) is 0 Å². The Kier molecular flexibility index (Phi) is 8.74. The van der Waals surface area contributed by atoms with E-state index in [4.69, 9.17) is 21.7 Å². The molecule has 50 heavy (non-hydrogen) atoms. The van der Waals surface area contributed by atoms with Gasteiger partial charge in [-0.1, -0.05) is 48.5 Å². The van der Waals surface area contributed by atoms with Crippen LogP contribution in [0.2, 0.25) is 0 Å². The number of azo groups is 2. The minimum atomic E-state index is -4.05. The van der Waals surface area contributed by atoms with E-state index in [9.17, 15) is 16.8 Å². The molecule has 0 spiro atoms. The van der Waals surface area contributed by atoms with E-state index in [0.717, 1.165) is 33.4 Å². The predicted octanol–water partition coefficient (Wildman–Crippen LogP) is 8.18. The average molecular weight is 707 g/mol. The van der Waals surface area contributed by atoms with Crippen LogP contribution in [0.15, 0.2) is 115 Å². The molecule has 0 bridgehead atoms. The fourth-order valence-electron chi connectivity index (χ4n) is 6.11. The van der Waals surface area contributed by atoms with Crippen molar-refractivity contribution in [3.8, 4) is 11.1 Å². The topological polar surface area (TPSA) is 222 Å². The number of nitrogen functional groups attached to an aromatic ring is 2. The molecule has 0 aliphatic rings. The van der Waals surface area contributed by atoms with E-state index in [1.54, 1.807) is 48.5 Å². The maximum absolute atomic E-state index is 12.4. The van der Waals surface area contributed by atoms with Gasteiger partial charge in [0.1, 0.15) is 11.4 Å². The number of sulfonamides is 2. The zero-order chi connectivity index (χ0) is 36.1. The molecular formula is C36H34N8O4S2. The van der Waals surface area contributed by atoms with Crippen LogP contribution in [0.4, 0.5) is 34.1 Å². The maximum atomic E-state index is 12.4. The van der Waals surface area contributed by atoms with E-state index in [-0.39, 0.29) is 21.2 Å². The SMILES string of the molecule is Cc1cc(-c2cc(C)c(/N=N/c3cc(S(N)(=O)=O)c4ccccc4c3N)c(C)c2)cc(C)c1/N=N/c1cc(S(N)(=O)=O)c2ccccc2c1N. The summed E-state index contributed by atoms with van der Waals surface area (Å²) in [5.74, 6) is 0. The van der Waals surface area contributed by atoms with Crippen molar-refractivity contribution in [3.63, 3.8) is 0 Å². The second-order valence-electron chi connectivity index (χ2n) is 12.1. The number of nitrogens with two attached hydrogens (primary N) is 4. The number of primary sulfonamides is 2.